The van der Waals surface area contributed by atoms with Crippen LogP contribution in [0.2, 0.25) is 0 Å². The van der Waals surface area contributed by atoms with Crippen LogP contribution in [0.1, 0.15) is 5.56 Å². The van der Waals surface area contributed by atoms with Crippen LogP contribution >= 0.6 is 34.4 Å². The van der Waals surface area contributed by atoms with E-state index in [9.17, 15) is 4.79 Å². The van der Waals surface area contributed by atoms with Gasteiger partial charge in [-0.1, -0.05) is 29.5 Å². The molecule has 3 aromatic rings. The van der Waals surface area contributed by atoms with Crippen molar-refractivity contribution in [2.45, 2.75) is 16.6 Å². The molecule has 0 saturated heterocycles. The van der Waals surface area contributed by atoms with Gasteiger partial charge in [0.25, 0.3) is 0 Å². The summed E-state index contributed by atoms with van der Waals surface area (Å²) in [6.45, 7) is 0. The lowest BCUT2D eigenvalue weighted by molar-refractivity contribution is -0.115. The standard InChI is InChI=1S/C15H11N3OS3/c19-13(12-7-9-3-1-2-4-11(9)21-12)16-15-18-17-14(22-15)10-5-6-20-8-10/h1-6,8,12H,7H2,(H,16,18,19)/t12-/m0/s1. The summed E-state index contributed by atoms with van der Waals surface area (Å²) < 4.78 is 0. The molecule has 2 aromatic heterocycles. The minimum absolute atomic E-state index is 0.00535. The van der Waals surface area contributed by atoms with Gasteiger partial charge in [0.1, 0.15) is 5.01 Å². The number of amides is 1. The van der Waals surface area contributed by atoms with Gasteiger partial charge in [-0.15, -0.1) is 22.0 Å². The van der Waals surface area contributed by atoms with Crippen molar-refractivity contribution in [1.29, 1.82) is 0 Å². The number of carbonyl (C=O) groups is 1. The van der Waals surface area contributed by atoms with Crippen LogP contribution in [0.25, 0.3) is 10.6 Å². The number of thioether (sulfide) groups is 1. The molecule has 0 saturated carbocycles. The highest BCUT2D eigenvalue weighted by atomic mass is 32.2. The molecule has 0 bridgehead atoms. The van der Waals surface area contributed by atoms with Crippen molar-refractivity contribution < 1.29 is 4.79 Å². The van der Waals surface area contributed by atoms with Crippen LogP contribution in [-0.4, -0.2) is 21.4 Å². The minimum atomic E-state index is -0.0918. The summed E-state index contributed by atoms with van der Waals surface area (Å²) in [5.41, 5.74) is 2.29. The molecule has 0 unspecified atom stereocenters. The van der Waals surface area contributed by atoms with Crippen LogP contribution in [0.5, 0.6) is 0 Å². The normalized spacial score (nSPS) is 16.5. The van der Waals surface area contributed by atoms with E-state index in [2.05, 4.69) is 27.6 Å². The van der Waals surface area contributed by atoms with E-state index in [0.717, 1.165) is 17.0 Å². The van der Waals surface area contributed by atoms with E-state index in [-0.39, 0.29) is 11.2 Å². The largest absolute Gasteiger partial charge is 0.300 e. The van der Waals surface area contributed by atoms with Crippen molar-refractivity contribution in [3.63, 3.8) is 0 Å². The summed E-state index contributed by atoms with van der Waals surface area (Å²) >= 11 is 4.64. The molecular formula is C15H11N3OS3. The molecule has 1 atom stereocenters. The van der Waals surface area contributed by atoms with Crippen LogP contribution in [-0.2, 0) is 11.2 Å². The molecule has 1 aromatic carbocycles. The highest BCUT2D eigenvalue weighted by molar-refractivity contribution is 8.01. The number of aromatic nitrogens is 2. The number of anilines is 1. The predicted octanol–water partition coefficient (Wildman–Crippen LogP) is 3.92. The topological polar surface area (TPSA) is 54.9 Å². The maximum Gasteiger partial charge on any atom is 0.240 e. The molecule has 4 nitrogen and oxygen atoms in total. The van der Waals surface area contributed by atoms with E-state index in [1.165, 1.54) is 21.8 Å². The SMILES string of the molecule is O=C(Nc1nnc(-c2ccsc2)s1)[C@@H]1Cc2ccccc2S1. The van der Waals surface area contributed by atoms with E-state index in [0.29, 0.717) is 5.13 Å². The summed E-state index contributed by atoms with van der Waals surface area (Å²) in [4.78, 5) is 13.6. The molecule has 1 aliphatic rings. The first kappa shape index (κ1) is 13.9. The van der Waals surface area contributed by atoms with E-state index >= 15 is 0 Å². The lowest BCUT2D eigenvalue weighted by atomic mass is 10.1. The summed E-state index contributed by atoms with van der Waals surface area (Å²) in [5, 5.41) is 16.4. The Balaban J connectivity index is 1.45. The van der Waals surface area contributed by atoms with E-state index in [1.54, 1.807) is 23.1 Å². The third-order valence-electron chi connectivity index (χ3n) is 3.36. The first-order valence-electron chi connectivity index (χ1n) is 6.71. The van der Waals surface area contributed by atoms with E-state index in [1.807, 2.05) is 29.0 Å². The third-order valence-corrected chi connectivity index (χ3v) is 6.25. The molecule has 110 valence electrons. The van der Waals surface area contributed by atoms with Gasteiger partial charge in [-0.05, 0) is 29.5 Å². The van der Waals surface area contributed by atoms with Crippen molar-refractivity contribution in [3.8, 4) is 10.6 Å². The van der Waals surface area contributed by atoms with Crippen molar-refractivity contribution in [1.82, 2.24) is 10.2 Å². The van der Waals surface area contributed by atoms with Crippen LogP contribution < -0.4 is 5.32 Å². The number of fused-ring (bicyclic) bond motifs is 1. The predicted molar refractivity (Wildman–Crippen MR) is 91.6 cm³/mol. The van der Waals surface area contributed by atoms with Crippen LogP contribution in [0.15, 0.2) is 46.0 Å². The zero-order valence-corrected chi connectivity index (χ0v) is 13.8. The maximum absolute atomic E-state index is 12.4. The molecule has 0 aliphatic carbocycles. The van der Waals surface area contributed by atoms with Crippen molar-refractivity contribution >= 4 is 45.5 Å². The monoisotopic (exact) mass is 345 g/mol. The van der Waals surface area contributed by atoms with Crippen LogP contribution in [0, 0.1) is 0 Å². The number of hydrogen-bond acceptors (Lipinski definition) is 6. The highest BCUT2D eigenvalue weighted by Crippen LogP contribution is 2.37. The molecular weight excluding hydrogens is 334 g/mol. The third kappa shape index (κ3) is 2.67. The summed E-state index contributed by atoms with van der Waals surface area (Å²) in [6.07, 6.45) is 0.767. The van der Waals surface area contributed by atoms with Gasteiger partial charge in [-0.3, -0.25) is 10.1 Å². The van der Waals surface area contributed by atoms with Gasteiger partial charge in [0.2, 0.25) is 11.0 Å². The minimum Gasteiger partial charge on any atom is -0.300 e. The van der Waals surface area contributed by atoms with Gasteiger partial charge in [0, 0.05) is 15.8 Å². The van der Waals surface area contributed by atoms with Crippen LogP contribution in [0.4, 0.5) is 5.13 Å². The number of nitrogens with one attached hydrogen (secondary N) is 1. The molecule has 1 amide bonds. The second-order valence-corrected chi connectivity index (χ2v) is 7.83. The van der Waals surface area contributed by atoms with Gasteiger partial charge in [-0.25, -0.2) is 0 Å². The fourth-order valence-electron chi connectivity index (χ4n) is 2.29. The molecule has 0 fully saturated rings. The van der Waals surface area contributed by atoms with Crippen LogP contribution in [0.3, 0.4) is 0 Å². The number of carbonyl (C=O) groups excluding carboxylic acids is 1. The first-order valence-corrected chi connectivity index (χ1v) is 9.35. The van der Waals surface area contributed by atoms with Gasteiger partial charge in [-0.2, -0.15) is 11.3 Å². The Kier molecular flexibility index (Phi) is 3.69. The van der Waals surface area contributed by atoms with Gasteiger partial charge < -0.3 is 0 Å². The lowest BCUT2D eigenvalue weighted by Crippen LogP contribution is -2.24. The fraction of sp³-hybridized carbons (Fsp3) is 0.133. The number of nitrogens with zero attached hydrogens (tertiary/aromatic N) is 2. The van der Waals surface area contributed by atoms with Crippen molar-refractivity contribution in [2.75, 3.05) is 5.32 Å². The second kappa shape index (κ2) is 5.83. The smallest absolute Gasteiger partial charge is 0.240 e. The zero-order valence-electron chi connectivity index (χ0n) is 11.4. The molecule has 0 radical (unpaired) electrons. The average Bonchev–Trinajstić information content (AvgIpc) is 3.26. The fourth-order valence-corrected chi connectivity index (χ4v) is 4.94. The van der Waals surface area contributed by atoms with Gasteiger partial charge in [0.15, 0.2) is 0 Å². The second-order valence-electron chi connectivity index (χ2n) is 4.83. The molecule has 1 N–H and O–H groups in total. The highest BCUT2D eigenvalue weighted by Gasteiger charge is 2.28. The molecule has 4 rings (SSSR count). The van der Waals surface area contributed by atoms with E-state index in [4.69, 9.17) is 0 Å². The molecule has 7 heteroatoms. The number of rotatable bonds is 3. The summed E-state index contributed by atoms with van der Waals surface area (Å²) in [7, 11) is 0. The van der Waals surface area contributed by atoms with Crippen molar-refractivity contribution in [3.05, 3.63) is 46.7 Å². The quantitative estimate of drug-likeness (QED) is 0.782. The Bertz CT molecular complexity index is 788. The lowest BCUT2D eigenvalue weighted by Gasteiger charge is -2.06. The average molecular weight is 345 g/mol. The Morgan fingerprint density at radius 3 is 2.95 bits per heavy atom. The maximum atomic E-state index is 12.4. The number of thiophene rings is 1. The van der Waals surface area contributed by atoms with Crippen molar-refractivity contribution in [2.24, 2.45) is 0 Å². The number of hydrogen-bond donors (Lipinski definition) is 1. The number of benzene rings is 1. The molecule has 3 heterocycles. The molecule has 1 aliphatic heterocycles. The summed E-state index contributed by atoms with van der Waals surface area (Å²) in [5.74, 6) is -0.00535. The Hall–Kier alpha value is -1.70. The molecule has 0 spiro atoms. The van der Waals surface area contributed by atoms with E-state index < -0.39 is 0 Å². The van der Waals surface area contributed by atoms with Gasteiger partial charge >= 0.3 is 0 Å². The van der Waals surface area contributed by atoms with Gasteiger partial charge in [0.05, 0.1) is 5.25 Å². The molecule has 22 heavy (non-hydrogen) atoms. The first-order chi connectivity index (χ1) is 10.8. The summed E-state index contributed by atoms with van der Waals surface area (Å²) in [6, 6.07) is 10.2. The Morgan fingerprint density at radius 2 is 2.14 bits per heavy atom. The Labute approximate surface area is 139 Å². The zero-order chi connectivity index (χ0) is 14.9. The Morgan fingerprint density at radius 1 is 1.23 bits per heavy atom.